The quantitative estimate of drug-likeness (QED) is 0.677. The van der Waals surface area contributed by atoms with Crippen LogP contribution in [0.5, 0.6) is 0 Å². The van der Waals surface area contributed by atoms with Gasteiger partial charge in [-0.25, -0.2) is 0 Å². The van der Waals surface area contributed by atoms with Crippen molar-refractivity contribution in [1.82, 2.24) is 15.5 Å². The first-order valence-electron chi connectivity index (χ1n) is 9.00. The number of hydrogen-bond acceptors (Lipinski definition) is 5. The van der Waals surface area contributed by atoms with E-state index in [1.54, 1.807) is 6.07 Å². The molecule has 7 heteroatoms. The van der Waals surface area contributed by atoms with Gasteiger partial charge in [-0.1, -0.05) is 0 Å². The maximum absolute atomic E-state index is 12.4. The molecule has 0 unspecified atom stereocenters. The Labute approximate surface area is 148 Å². The number of anilines is 2. The summed E-state index contributed by atoms with van der Waals surface area (Å²) in [6, 6.07) is 5.48. The van der Waals surface area contributed by atoms with Gasteiger partial charge in [-0.2, -0.15) is 0 Å². The highest BCUT2D eigenvalue weighted by molar-refractivity contribution is 6.00. The molecule has 136 valence electrons. The van der Waals surface area contributed by atoms with Crippen molar-refractivity contribution in [3.63, 3.8) is 0 Å². The lowest BCUT2D eigenvalue weighted by Gasteiger charge is -2.27. The van der Waals surface area contributed by atoms with E-state index < -0.39 is 0 Å². The lowest BCUT2D eigenvalue weighted by atomic mass is 10.1. The molecule has 25 heavy (non-hydrogen) atoms. The summed E-state index contributed by atoms with van der Waals surface area (Å²) in [5.41, 5.74) is 2.23. The molecule has 2 aliphatic rings. The topological polar surface area (TPSA) is 76.7 Å². The Morgan fingerprint density at radius 1 is 1.24 bits per heavy atom. The normalized spacial score (nSPS) is 18.3. The average Bonchev–Trinajstić information content (AvgIpc) is 2.77. The minimum atomic E-state index is -0.0933. The molecule has 2 aliphatic heterocycles. The Hall–Kier alpha value is -2.12. The van der Waals surface area contributed by atoms with Gasteiger partial charge in [-0.15, -0.1) is 0 Å². The summed E-state index contributed by atoms with van der Waals surface area (Å²) in [5.74, 6) is -0.108. The van der Waals surface area contributed by atoms with Crippen LogP contribution >= 0.6 is 0 Å². The fraction of sp³-hybridized carbons (Fsp3) is 0.556. The Morgan fingerprint density at radius 3 is 2.84 bits per heavy atom. The Kier molecular flexibility index (Phi) is 5.88. The fourth-order valence-corrected chi connectivity index (χ4v) is 3.25. The molecule has 0 radical (unpaired) electrons. The van der Waals surface area contributed by atoms with Gasteiger partial charge in [-0.05, 0) is 31.2 Å². The smallest absolute Gasteiger partial charge is 0.251 e. The monoisotopic (exact) mass is 345 g/mol. The van der Waals surface area contributed by atoms with Crippen molar-refractivity contribution in [1.29, 1.82) is 0 Å². The molecule has 2 heterocycles. The molecule has 0 bridgehead atoms. The maximum atomic E-state index is 12.4. The molecule has 1 saturated heterocycles. The highest BCUT2D eigenvalue weighted by Gasteiger charge is 2.18. The molecule has 3 rings (SSSR count). The lowest BCUT2D eigenvalue weighted by molar-refractivity contribution is -0.115. The molecular weight excluding hydrogens is 318 g/mol. The first-order chi connectivity index (χ1) is 12.1. The zero-order valence-electron chi connectivity index (χ0n) is 14.8. The molecule has 2 amide bonds. The second kappa shape index (κ2) is 8.31. The second-order valence-corrected chi connectivity index (χ2v) is 6.65. The minimum Gasteiger partial charge on any atom is -0.372 e. The van der Waals surface area contributed by atoms with Gasteiger partial charge in [0.1, 0.15) is 0 Å². The molecule has 0 aromatic heterocycles. The van der Waals surface area contributed by atoms with Crippen LogP contribution in [-0.2, 0) is 4.79 Å². The van der Waals surface area contributed by atoms with E-state index in [1.807, 2.05) is 24.1 Å². The van der Waals surface area contributed by atoms with Crippen LogP contribution in [0.1, 0.15) is 23.2 Å². The maximum Gasteiger partial charge on any atom is 0.251 e. The van der Waals surface area contributed by atoms with E-state index in [2.05, 4.69) is 20.9 Å². The van der Waals surface area contributed by atoms with Gasteiger partial charge in [0.15, 0.2) is 0 Å². The van der Waals surface area contributed by atoms with Crippen LogP contribution in [-0.4, -0.2) is 69.6 Å². The number of fused-ring (bicyclic) bond motifs is 1. The highest BCUT2D eigenvalue weighted by Crippen LogP contribution is 2.28. The Bertz CT molecular complexity index is 628. The lowest BCUT2D eigenvalue weighted by Crippen LogP contribution is -2.44. The van der Waals surface area contributed by atoms with Crippen LogP contribution in [0.4, 0.5) is 11.4 Å². The zero-order chi connectivity index (χ0) is 17.6. The largest absolute Gasteiger partial charge is 0.372 e. The molecule has 1 aromatic carbocycles. The molecule has 0 aliphatic carbocycles. The van der Waals surface area contributed by atoms with E-state index in [9.17, 15) is 9.59 Å². The molecule has 3 N–H and O–H groups in total. The SMILES string of the molecule is CN1CCC(=O)Nc2cc(C(=O)NCCCN3CCNCC3)ccc21. The van der Waals surface area contributed by atoms with Gasteiger partial charge >= 0.3 is 0 Å². The number of benzene rings is 1. The van der Waals surface area contributed by atoms with Crippen LogP contribution in [0, 0.1) is 0 Å². The number of nitrogens with zero attached hydrogens (tertiary/aromatic N) is 2. The summed E-state index contributed by atoms with van der Waals surface area (Å²) in [6.07, 6.45) is 1.40. The van der Waals surface area contributed by atoms with E-state index in [4.69, 9.17) is 0 Å². The standard InChI is InChI=1S/C18H27N5O2/c1-22-10-5-17(24)21-15-13-14(3-4-16(15)22)18(25)20-6-2-9-23-11-7-19-8-12-23/h3-4,13,19H,2,5-12H2,1H3,(H,20,25)(H,21,24). The summed E-state index contributed by atoms with van der Waals surface area (Å²) in [5, 5.41) is 9.20. The fourth-order valence-electron chi connectivity index (χ4n) is 3.25. The summed E-state index contributed by atoms with van der Waals surface area (Å²) < 4.78 is 0. The molecule has 1 fully saturated rings. The van der Waals surface area contributed by atoms with Crippen LogP contribution in [0.3, 0.4) is 0 Å². The van der Waals surface area contributed by atoms with Gasteiger partial charge in [0.25, 0.3) is 5.91 Å². The van der Waals surface area contributed by atoms with Crippen LogP contribution in [0.15, 0.2) is 18.2 Å². The van der Waals surface area contributed by atoms with Crippen LogP contribution in [0.25, 0.3) is 0 Å². The predicted octanol–water partition coefficient (Wildman–Crippen LogP) is 0.490. The van der Waals surface area contributed by atoms with Gasteiger partial charge in [0, 0.05) is 58.3 Å². The van der Waals surface area contributed by atoms with E-state index in [0.29, 0.717) is 30.8 Å². The van der Waals surface area contributed by atoms with Gasteiger partial charge in [0.2, 0.25) is 5.91 Å². The summed E-state index contributed by atoms with van der Waals surface area (Å²) >= 11 is 0. The number of carbonyl (C=O) groups is 2. The predicted molar refractivity (Wildman–Crippen MR) is 99.2 cm³/mol. The van der Waals surface area contributed by atoms with E-state index in [1.165, 1.54) is 0 Å². The van der Waals surface area contributed by atoms with E-state index in [0.717, 1.165) is 44.8 Å². The van der Waals surface area contributed by atoms with Crippen molar-refractivity contribution < 1.29 is 9.59 Å². The molecule has 0 atom stereocenters. The van der Waals surface area contributed by atoms with Crippen molar-refractivity contribution in [2.75, 3.05) is 63.1 Å². The summed E-state index contributed by atoms with van der Waals surface area (Å²) in [7, 11) is 1.95. The highest BCUT2D eigenvalue weighted by atomic mass is 16.2. The number of hydrogen-bond donors (Lipinski definition) is 3. The van der Waals surface area contributed by atoms with Gasteiger partial charge < -0.3 is 25.8 Å². The van der Waals surface area contributed by atoms with Gasteiger partial charge in [-0.3, -0.25) is 9.59 Å². The molecule has 0 saturated carbocycles. The van der Waals surface area contributed by atoms with Crippen LogP contribution < -0.4 is 20.9 Å². The molecule has 1 aromatic rings. The zero-order valence-corrected chi connectivity index (χ0v) is 14.8. The molecular formula is C18H27N5O2. The Morgan fingerprint density at radius 2 is 2.04 bits per heavy atom. The van der Waals surface area contributed by atoms with Crippen LogP contribution in [0.2, 0.25) is 0 Å². The Balaban J connectivity index is 1.52. The molecule has 7 nitrogen and oxygen atoms in total. The van der Waals surface area contributed by atoms with Crippen molar-refractivity contribution in [3.8, 4) is 0 Å². The third kappa shape index (κ3) is 4.70. The van der Waals surface area contributed by atoms with Crippen molar-refractivity contribution in [2.45, 2.75) is 12.8 Å². The third-order valence-corrected chi connectivity index (χ3v) is 4.76. The van der Waals surface area contributed by atoms with Crippen molar-refractivity contribution in [3.05, 3.63) is 23.8 Å². The number of amides is 2. The van der Waals surface area contributed by atoms with Gasteiger partial charge in [0.05, 0.1) is 11.4 Å². The number of rotatable bonds is 5. The number of carbonyl (C=O) groups excluding carboxylic acids is 2. The number of piperazine rings is 1. The molecule has 0 spiro atoms. The minimum absolute atomic E-state index is 0.0146. The van der Waals surface area contributed by atoms with Crippen molar-refractivity contribution >= 4 is 23.2 Å². The average molecular weight is 345 g/mol. The number of nitrogens with one attached hydrogen (secondary N) is 3. The van der Waals surface area contributed by atoms with E-state index >= 15 is 0 Å². The van der Waals surface area contributed by atoms with Crippen molar-refractivity contribution in [2.24, 2.45) is 0 Å². The van der Waals surface area contributed by atoms with E-state index in [-0.39, 0.29) is 11.8 Å². The first-order valence-corrected chi connectivity index (χ1v) is 9.00. The third-order valence-electron chi connectivity index (χ3n) is 4.76. The summed E-state index contributed by atoms with van der Waals surface area (Å²) in [4.78, 5) is 28.6. The second-order valence-electron chi connectivity index (χ2n) is 6.65. The summed E-state index contributed by atoms with van der Waals surface area (Å²) in [6.45, 7) is 6.58. The first kappa shape index (κ1) is 17.7.